The molecule has 8 heteroatoms. The number of amides is 1. The summed E-state index contributed by atoms with van der Waals surface area (Å²) in [7, 11) is 2.10. The Balaban J connectivity index is 1.56. The van der Waals surface area contributed by atoms with Gasteiger partial charge in [-0.05, 0) is 51.2 Å². The van der Waals surface area contributed by atoms with Gasteiger partial charge < -0.3 is 15.2 Å². The van der Waals surface area contributed by atoms with Crippen LogP contribution in [0, 0.1) is 5.82 Å². The van der Waals surface area contributed by atoms with Crippen molar-refractivity contribution in [1.29, 1.82) is 0 Å². The number of carbonyl (C=O) groups excluding carboxylic acids is 1. The predicted octanol–water partition coefficient (Wildman–Crippen LogP) is 2.38. The minimum Gasteiger partial charge on any atom is -0.322 e. The zero-order chi connectivity index (χ0) is 19.0. The second-order valence-electron chi connectivity index (χ2n) is 6.91. The Morgan fingerprint density at radius 2 is 2.04 bits per heavy atom. The van der Waals surface area contributed by atoms with E-state index < -0.39 is 17.3 Å². The summed E-state index contributed by atoms with van der Waals surface area (Å²) in [6.45, 7) is 2.03. The van der Waals surface area contributed by atoms with Gasteiger partial charge in [-0.3, -0.25) is 14.3 Å². The van der Waals surface area contributed by atoms with Gasteiger partial charge in [-0.15, -0.1) is 0 Å². The van der Waals surface area contributed by atoms with E-state index in [4.69, 9.17) is 0 Å². The van der Waals surface area contributed by atoms with Crippen molar-refractivity contribution in [2.24, 2.45) is 0 Å². The molecule has 1 aromatic carbocycles. The molecule has 1 aliphatic rings. The lowest BCUT2D eigenvalue weighted by molar-refractivity contribution is 0.102. The fourth-order valence-corrected chi connectivity index (χ4v) is 3.47. The number of anilines is 1. The number of carbonyl (C=O) groups is 1. The number of pyridine rings is 1. The monoisotopic (exact) mass is 369 g/mol. The molecule has 1 amide bonds. The van der Waals surface area contributed by atoms with E-state index >= 15 is 0 Å². The zero-order valence-corrected chi connectivity index (χ0v) is 14.9. The van der Waals surface area contributed by atoms with Crippen molar-refractivity contribution in [2.75, 3.05) is 25.5 Å². The Hall–Kier alpha value is -3.00. The van der Waals surface area contributed by atoms with Crippen LogP contribution in [-0.2, 0) is 0 Å². The lowest BCUT2D eigenvalue weighted by atomic mass is 10.1. The first-order chi connectivity index (χ1) is 13.0. The lowest BCUT2D eigenvalue weighted by Gasteiger charge is -2.28. The standard InChI is InChI=1S/C19H20FN5O2/c1-24-7-4-13(5-8-24)25-9-6-17(23-25)22-19(27)15-11-18(26)21-16-10-12(20)2-3-14(15)16/h2-3,6,9-11,13H,4-5,7-8H2,1H3,(H,21,26)(H,22,23,27). The molecular formula is C19H20FN5O2. The minimum atomic E-state index is -0.479. The molecule has 3 heterocycles. The summed E-state index contributed by atoms with van der Waals surface area (Å²) in [6, 6.07) is 7.20. The van der Waals surface area contributed by atoms with Gasteiger partial charge in [0.15, 0.2) is 5.82 Å². The minimum absolute atomic E-state index is 0.183. The van der Waals surface area contributed by atoms with Gasteiger partial charge in [0.05, 0.1) is 17.1 Å². The molecule has 4 rings (SSSR count). The van der Waals surface area contributed by atoms with E-state index in [1.807, 2.05) is 10.9 Å². The molecule has 0 spiro atoms. The van der Waals surface area contributed by atoms with Crippen molar-refractivity contribution in [3.05, 3.63) is 58.3 Å². The third-order valence-electron chi connectivity index (χ3n) is 4.96. The van der Waals surface area contributed by atoms with Crippen LogP contribution in [0.15, 0.2) is 41.3 Å². The first-order valence-electron chi connectivity index (χ1n) is 8.87. The summed E-state index contributed by atoms with van der Waals surface area (Å²) in [6.07, 6.45) is 3.88. The molecule has 0 atom stereocenters. The highest BCUT2D eigenvalue weighted by atomic mass is 19.1. The van der Waals surface area contributed by atoms with Crippen LogP contribution in [-0.4, -0.2) is 45.7 Å². The highest BCUT2D eigenvalue weighted by Crippen LogP contribution is 2.22. The molecule has 27 heavy (non-hydrogen) atoms. The highest BCUT2D eigenvalue weighted by molar-refractivity contribution is 6.11. The van der Waals surface area contributed by atoms with Crippen molar-refractivity contribution in [3.63, 3.8) is 0 Å². The summed E-state index contributed by atoms with van der Waals surface area (Å²) in [5, 5.41) is 7.67. The number of aromatic nitrogens is 3. The van der Waals surface area contributed by atoms with Crippen LogP contribution in [0.4, 0.5) is 10.2 Å². The maximum Gasteiger partial charge on any atom is 0.257 e. The van der Waals surface area contributed by atoms with Gasteiger partial charge in [-0.25, -0.2) is 4.39 Å². The number of benzene rings is 1. The molecule has 1 fully saturated rings. The number of nitrogens with one attached hydrogen (secondary N) is 2. The number of hydrogen-bond donors (Lipinski definition) is 2. The SMILES string of the molecule is CN1CCC(n2ccc(NC(=O)c3cc(=O)[nH]c4cc(F)ccc34)n2)CC1. The van der Waals surface area contributed by atoms with Crippen LogP contribution in [0.2, 0.25) is 0 Å². The van der Waals surface area contributed by atoms with Gasteiger partial charge in [0.2, 0.25) is 5.56 Å². The van der Waals surface area contributed by atoms with Gasteiger partial charge >= 0.3 is 0 Å². The first-order valence-corrected chi connectivity index (χ1v) is 8.87. The summed E-state index contributed by atoms with van der Waals surface area (Å²) < 4.78 is 15.3. The molecule has 1 saturated heterocycles. The van der Waals surface area contributed by atoms with Crippen molar-refractivity contribution >= 4 is 22.6 Å². The van der Waals surface area contributed by atoms with Crippen LogP contribution < -0.4 is 10.9 Å². The molecule has 0 radical (unpaired) electrons. The summed E-state index contributed by atoms with van der Waals surface area (Å²) in [4.78, 5) is 29.3. The van der Waals surface area contributed by atoms with Crippen molar-refractivity contribution in [1.82, 2.24) is 19.7 Å². The summed E-state index contributed by atoms with van der Waals surface area (Å²) >= 11 is 0. The number of H-pyrrole nitrogens is 1. The van der Waals surface area contributed by atoms with Crippen LogP contribution >= 0.6 is 0 Å². The molecule has 2 aromatic heterocycles. The fourth-order valence-electron chi connectivity index (χ4n) is 3.47. The second kappa shape index (κ2) is 6.96. The number of piperidine rings is 1. The number of likely N-dealkylation sites (tertiary alicyclic amines) is 1. The van der Waals surface area contributed by atoms with Crippen LogP contribution in [0.1, 0.15) is 29.2 Å². The number of hydrogen-bond acceptors (Lipinski definition) is 4. The Kier molecular flexibility index (Phi) is 4.49. The molecule has 140 valence electrons. The first kappa shape index (κ1) is 17.4. The van der Waals surface area contributed by atoms with E-state index in [0.717, 1.165) is 25.9 Å². The third-order valence-corrected chi connectivity index (χ3v) is 4.96. The fraction of sp³-hybridized carbons (Fsp3) is 0.316. The molecule has 7 nitrogen and oxygen atoms in total. The van der Waals surface area contributed by atoms with E-state index in [2.05, 4.69) is 27.3 Å². The van der Waals surface area contributed by atoms with Crippen LogP contribution in [0.3, 0.4) is 0 Å². The van der Waals surface area contributed by atoms with Gasteiger partial charge in [-0.2, -0.15) is 5.10 Å². The summed E-state index contributed by atoms with van der Waals surface area (Å²) in [5.41, 5.74) is 0.00204. The van der Waals surface area contributed by atoms with E-state index in [1.54, 1.807) is 6.07 Å². The maximum atomic E-state index is 13.4. The number of halogens is 1. The van der Waals surface area contributed by atoms with Gasteiger partial charge in [0, 0.05) is 23.7 Å². The van der Waals surface area contributed by atoms with E-state index in [-0.39, 0.29) is 11.1 Å². The normalized spacial score (nSPS) is 15.9. The Bertz CT molecular complexity index is 1050. The molecule has 0 unspecified atom stereocenters. The Labute approximate surface area is 154 Å². The van der Waals surface area contributed by atoms with Crippen LogP contribution in [0.25, 0.3) is 10.9 Å². The van der Waals surface area contributed by atoms with Crippen molar-refractivity contribution in [3.8, 4) is 0 Å². The molecule has 0 bridgehead atoms. The quantitative estimate of drug-likeness (QED) is 0.743. The third kappa shape index (κ3) is 3.61. The average molecular weight is 369 g/mol. The molecule has 0 aliphatic carbocycles. The van der Waals surface area contributed by atoms with Gasteiger partial charge in [0.1, 0.15) is 5.82 Å². The zero-order valence-electron chi connectivity index (χ0n) is 14.9. The second-order valence-corrected chi connectivity index (χ2v) is 6.91. The number of fused-ring (bicyclic) bond motifs is 1. The smallest absolute Gasteiger partial charge is 0.257 e. The number of rotatable bonds is 3. The molecule has 1 aliphatic heterocycles. The maximum absolute atomic E-state index is 13.4. The Morgan fingerprint density at radius 3 is 2.81 bits per heavy atom. The number of aromatic amines is 1. The lowest BCUT2D eigenvalue weighted by Crippen LogP contribution is -2.31. The summed E-state index contributed by atoms with van der Waals surface area (Å²) in [5.74, 6) is -0.506. The van der Waals surface area contributed by atoms with E-state index in [1.165, 1.54) is 24.3 Å². The highest BCUT2D eigenvalue weighted by Gasteiger charge is 2.20. The topological polar surface area (TPSA) is 83.0 Å². The van der Waals surface area contributed by atoms with E-state index in [9.17, 15) is 14.0 Å². The predicted molar refractivity (Wildman–Crippen MR) is 100 cm³/mol. The van der Waals surface area contributed by atoms with E-state index in [0.29, 0.717) is 17.2 Å². The molecule has 3 aromatic rings. The molecular weight excluding hydrogens is 349 g/mol. The van der Waals surface area contributed by atoms with Gasteiger partial charge in [-0.1, -0.05) is 0 Å². The average Bonchev–Trinajstić information content (AvgIpc) is 3.09. The molecule has 0 saturated carbocycles. The largest absolute Gasteiger partial charge is 0.322 e. The molecule has 2 N–H and O–H groups in total. The van der Waals surface area contributed by atoms with Crippen LogP contribution in [0.5, 0.6) is 0 Å². The Morgan fingerprint density at radius 1 is 1.26 bits per heavy atom. The van der Waals surface area contributed by atoms with Crippen molar-refractivity contribution in [2.45, 2.75) is 18.9 Å². The van der Waals surface area contributed by atoms with Crippen molar-refractivity contribution < 1.29 is 9.18 Å². The number of nitrogens with zero attached hydrogens (tertiary/aromatic N) is 3. The van der Waals surface area contributed by atoms with Gasteiger partial charge in [0.25, 0.3) is 5.91 Å².